The molecule has 0 aromatic heterocycles. The molecule has 12 nitrogen and oxygen atoms in total. The number of esters is 2. The van der Waals surface area contributed by atoms with Gasteiger partial charge in [-0.15, -0.1) is 0 Å². The number of carbonyl (C=O) groups excluding carboxylic acids is 2. The van der Waals surface area contributed by atoms with Gasteiger partial charge < -0.3 is 49.2 Å². The molecule has 2 aliphatic rings. The molecule has 3 rings (SSSR count). The van der Waals surface area contributed by atoms with E-state index in [1.54, 1.807) is 37.3 Å². The number of carbonyl (C=O) groups is 2. The Morgan fingerprint density at radius 2 is 1.81 bits per heavy atom. The predicted molar refractivity (Wildman–Crippen MR) is 125 cm³/mol. The smallest absolute Gasteiger partial charge is 0.337 e. The zero-order valence-corrected chi connectivity index (χ0v) is 20.4. The number of aliphatic hydroxyl groups excluding tert-OH is 5. The van der Waals surface area contributed by atoms with Crippen LogP contribution in [0, 0.1) is 5.92 Å². The number of ether oxygens (including phenoxy) is 5. The molecule has 37 heavy (non-hydrogen) atoms. The Labute approximate surface area is 213 Å². The normalized spacial score (nSPS) is 30.8. The number of rotatable bonds is 9. The molecule has 2 heterocycles. The third-order valence-corrected chi connectivity index (χ3v) is 6.18. The van der Waals surface area contributed by atoms with Gasteiger partial charge in [0.1, 0.15) is 30.2 Å². The molecular formula is C25H32O12. The third-order valence-electron chi connectivity index (χ3n) is 6.18. The zero-order chi connectivity index (χ0) is 27.1. The summed E-state index contributed by atoms with van der Waals surface area (Å²) in [4.78, 5) is 25.4. The fraction of sp³-hybridized carbons (Fsp3) is 0.520. The van der Waals surface area contributed by atoms with Crippen LogP contribution in [0.1, 0.15) is 18.9 Å². The molecule has 1 aromatic carbocycles. The van der Waals surface area contributed by atoms with Crippen LogP contribution in [0.3, 0.4) is 0 Å². The molecule has 204 valence electrons. The lowest BCUT2D eigenvalue weighted by Crippen LogP contribution is -2.60. The minimum Gasteiger partial charge on any atom is -0.468 e. The minimum atomic E-state index is -1.68. The van der Waals surface area contributed by atoms with Crippen LogP contribution in [0.2, 0.25) is 0 Å². The number of benzene rings is 1. The fourth-order valence-electron chi connectivity index (χ4n) is 4.19. The number of hydrogen-bond donors (Lipinski definition) is 5. The molecule has 1 aromatic rings. The standard InChI is InChI=1S/C25H32O12/c1-3-14-15(10-19(28)35-17-7-5-4-6-13(17)8-9-26)16(23(32)33-2)12-34-24(14)37-25-22(31)21(30)20(29)18(11-27)36-25/h3-7,12,15,18,20-22,24-27,29-31H,8-11H2,1-2H3/t15-,18+,20+,21-,22+,24-,25-/m0/s1. The Hall–Kier alpha value is -2.84. The summed E-state index contributed by atoms with van der Waals surface area (Å²) in [7, 11) is 1.18. The van der Waals surface area contributed by atoms with Gasteiger partial charge in [0.05, 0.1) is 32.0 Å². The lowest BCUT2D eigenvalue weighted by Gasteiger charge is -2.41. The van der Waals surface area contributed by atoms with Crippen molar-refractivity contribution < 1.29 is 58.8 Å². The van der Waals surface area contributed by atoms with Gasteiger partial charge in [-0.25, -0.2) is 4.79 Å². The molecule has 7 atom stereocenters. The first-order valence-corrected chi connectivity index (χ1v) is 11.7. The lowest BCUT2D eigenvalue weighted by atomic mass is 9.86. The van der Waals surface area contributed by atoms with Crippen LogP contribution >= 0.6 is 0 Å². The van der Waals surface area contributed by atoms with Crippen molar-refractivity contribution >= 4 is 11.9 Å². The highest BCUT2D eigenvalue weighted by Crippen LogP contribution is 2.36. The van der Waals surface area contributed by atoms with Crippen molar-refractivity contribution in [3.63, 3.8) is 0 Å². The van der Waals surface area contributed by atoms with Crippen molar-refractivity contribution in [1.29, 1.82) is 0 Å². The fourth-order valence-corrected chi connectivity index (χ4v) is 4.19. The molecule has 0 aliphatic carbocycles. The second-order valence-electron chi connectivity index (χ2n) is 8.47. The summed E-state index contributed by atoms with van der Waals surface area (Å²) >= 11 is 0. The molecule has 1 saturated heterocycles. The number of hydrogen-bond acceptors (Lipinski definition) is 12. The van der Waals surface area contributed by atoms with E-state index in [0.29, 0.717) is 11.1 Å². The summed E-state index contributed by atoms with van der Waals surface area (Å²) in [6, 6.07) is 6.73. The number of aliphatic hydroxyl groups is 5. The Morgan fingerprint density at radius 3 is 2.46 bits per heavy atom. The average Bonchev–Trinajstić information content (AvgIpc) is 2.90. The summed E-state index contributed by atoms with van der Waals surface area (Å²) in [5.74, 6) is -2.06. The maximum absolute atomic E-state index is 12.9. The van der Waals surface area contributed by atoms with Gasteiger partial charge >= 0.3 is 11.9 Å². The summed E-state index contributed by atoms with van der Waals surface area (Å²) < 4.78 is 27.0. The van der Waals surface area contributed by atoms with Crippen LogP contribution in [-0.4, -0.2) is 94.8 Å². The molecule has 0 spiro atoms. The van der Waals surface area contributed by atoms with Crippen LogP contribution in [0.15, 0.2) is 47.7 Å². The second kappa shape index (κ2) is 13.1. The monoisotopic (exact) mass is 524 g/mol. The predicted octanol–water partition coefficient (Wildman–Crippen LogP) is -0.691. The van der Waals surface area contributed by atoms with Gasteiger partial charge in [-0.1, -0.05) is 24.3 Å². The maximum Gasteiger partial charge on any atom is 0.337 e. The van der Waals surface area contributed by atoms with Crippen molar-refractivity contribution in [3.05, 3.63) is 53.3 Å². The largest absolute Gasteiger partial charge is 0.468 e. The minimum absolute atomic E-state index is 0.0184. The average molecular weight is 525 g/mol. The van der Waals surface area contributed by atoms with Crippen LogP contribution in [0.25, 0.3) is 0 Å². The number of para-hydroxylation sites is 1. The molecule has 0 radical (unpaired) electrons. The molecule has 0 saturated carbocycles. The lowest BCUT2D eigenvalue weighted by molar-refractivity contribution is -0.327. The van der Waals surface area contributed by atoms with E-state index in [1.807, 2.05) is 0 Å². The molecule has 12 heteroatoms. The van der Waals surface area contributed by atoms with Crippen molar-refractivity contribution in [2.45, 2.75) is 56.8 Å². The van der Waals surface area contributed by atoms with Gasteiger partial charge in [0.2, 0.25) is 6.29 Å². The third kappa shape index (κ3) is 6.54. The van der Waals surface area contributed by atoms with Gasteiger partial charge in [0.15, 0.2) is 6.29 Å². The van der Waals surface area contributed by atoms with Crippen molar-refractivity contribution in [2.75, 3.05) is 20.3 Å². The van der Waals surface area contributed by atoms with Gasteiger partial charge in [0.25, 0.3) is 0 Å². The van der Waals surface area contributed by atoms with Gasteiger partial charge in [-0.2, -0.15) is 0 Å². The van der Waals surface area contributed by atoms with E-state index in [4.69, 9.17) is 23.7 Å². The van der Waals surface area contributed by atoms with Crippen LogP contribution < -0.4 is 4.74 Å². The van der Waals surface area contributed by atoms with E-state index < -0.39 is 61.5 Å². The molecule has 5 N–H and O–H groups in total. The highest BCUT2D eigenvalue weighted by Gasteiger charge is 2.46. The summed E-state index contributed by atoms with van der Waals surface area (Å²) in [5, 5.41) is 49.1. The summed E-state index contributed by atoms with van der Waals surface area (Å²) in [5.41, 5.74) is 0.953. The van der Waals surface area contributed by atoms with E-state index in [2.05, 4.69) is 0 Å². The zero-order valence-electron chi connectivity index (χ0n) is 20.4. The molecule has 0 amide bonds. The number of methoxy groups -OCH3 is 1. The van der Waals surface area contributed by atoms with Crippen LogP contribution in [0.4, 0.5) is 0 Å². The van der Waals surface area contributed by atoms with Gasteiger partial charge in [-0.3, -0.25) is 4.79 Å². The van der Waals surface area contributed by atoms with Crippen molar-refractivity contribution in [1.82, 2.24) is 0 Å². The molecule has 0 unspecified atom stereocenters. The van der Waals surface area contributed by atoms with E-state index in [-0.39, 0.29) is 30.8 Å². The summed E-state index contributed by atoms with van der Waals surface area (Å²) in [6.07, 6.45) is -6.30. The first-order valence-electron chi connectivity index (χ1n) is 11.7. The van der Waals surface area contributed by atoms with Crippen LogP contribution in [-0.2, 0) is 35.0 Å². The second-order valence-corrected chi connectivity index (χ2v) is 8.47. The van der Waals surface area contributed by atoms with E-state index in [0.717, 1.165) is 6.26 Å². The molecule has 1 fully saturated rings. The Morgan fingerprint density at radius 1 is 1.08 bits per heavy atom. The first kappa shape index (κ1) is 28.7. The molecule has 0 bridgehead atoms. The SMILES string of the molecule is CC=C1[C@H](O[C@@H]2O[C@H](CO)[C@@H](O)[C@H](O)[C@H]2O)OC=C(C(=O)OC)[C@H]1CC(=O)Oc1ccccc1CCO. The maximum atomic E-state index is 12.9. The highest BCUT2D eigenvalue weighted by atomic mass is 16.8. The Balaban J connectivity index is 1.82. The van der Waals surface area contributed by atoms with Gasteiger partial charge in [0, 0.05) is 18.1 Å². The van der Waals surface area contributed by atoms with Crippen LogP contribution in [0.5, 0.6) is 5.75 Å². The van der Waals surface area contributed by atoms with E-state index in [1.165, 1.54) is 7.11 Å². The Bertz CT molecular complexity index is 1000. The Kier molecular flexibility index (Phi) is 10.2. The first-order chi connectivity index (χ1) is 17.7. The highest BCUT2D eigenvalue weighted by molar-refractivity contribution is 5.91. The molecular weight excluding hydrogens is 492 g/mol. The molecule has 2 aliphatic heterocycles. The topological polar surface area (TPSA) is 181 Å². The quantitative estimate of drug-likeness (QED) is 0.156. The number of allylic oxidation sites excluding steroid dienone is 1. The summed E-state index contributed by atoms with van der Waals surface area (Å²) in [6.45, 7) is 0.840. The van der Waals surface area contributed by atoms with E-state index >= 15 is 0 Å². The van der Waals surface area contributed by atoms with Gasteiger partial charge in [-0.05, 0) is 25.0 Å². The van der Waals surface area contributed by atoms with Crippen molar-refractivity contribution in [2.24, 2.45) is 5.92 Å². The van der Waals surface area contributed by atoms with E-state index in [9.17, 15) is 35.1 Å². The van der Waals surface area contributed by atoms with Crippen molar-refractivity contribution in [3.8, 4) is 5.75 Å².